The third-order valence-electron chi connectivity index (χ3n) is 5.37. The molecule has 5 rings (SSSR count). The molecule has 1 aliphatic carbocycles. The highest BCUT2D eigenvalue weighted by atomic mass is 16.2. The number of carbonyl (C=O) groups is 2. The number of rotatable bonds is 6. The van der Waals surface area contributed by atoms with Gasteiger partial charge in [0.05, 0.1) is 24.4 Å². The Kier molecular flexibility index (Phi) is 4.65. The van der Waals surface area contributed by atoms with Crippen LogP contribution in [-0.4, -0.2) is 37.4 Å². The van der Waals surface area contributed by atoms with Crippen LogP contribution in [0.25, 0.3) is 11.7 Å². The summed E-state index contributed by atoms with van der Waals surface area (Å²) in [4.78, 5) is 32.9. The van der Waals surface area contributed by atoms with Crippen molar-refractivity contribution in [1.29, 1.82) is 0 Å². The Morgan fingerprint density at radius 2 is 2.10 bits per heavy atom. The lowest BCUT2D eigenvalue weighted by molar-refractivity contribution is -0.124. The first-order chi connectivity index (χ1) is 15.0. The first kappa shape index (κ1) is 19.2. The van der Waals surface area contributed by atoms with Crippen LogP contribution in [0.3, 0.4) is 0 Å². The summed E-state index contributed by atoms with van der Waals surface area (Å²) in [5.41, 5.74) is 3.59. The van der Waals surface area contributed by atoms with Gasteiger partial charge in [0.2, 0.25) is 5.91 Å². The highest BCUT2D eigenvalue weighted by Gasteiger charge is 2.26. The van der Waals surface area contributed by atoms with Gasteiger partial charge >= 0.3 is 0 Å². The molecule has 1 unspecified atom stereocenters. The van der Waals surface area contributed by atoms with Crippen LogP contribution < -0.4 is 16.0 Å². The third kappa shape index (κ3) is 3.98. The molecule has 0 aromatic carbocycles. The Balaban J connectivity index is 1.53. The van der Waals surface area contributed by atoms with Crippen LogP contribution in [0.4, 0.5) is 11.6 Å². The minimum absolute atomic E-state index is 0.0495. The van der Waals surface area contributed by atoms with Gasteiger partial charge in [-0.2, -0.15) is 9.61 Å². The Bertz CT molecular complexity index is 1230. The van der Waals surface area contributed by atoms with Gasteiger partial charge in [-0.3, -0.25) is 19.9 Å². The van der Waals surface area contributed by atoms with Crippen LogP contribution in [0.1, 0.15) is 49.2 Å². The SMILES string of the molecule is Cc1cccc(C(C)Nc2cc(NC3CC3)n3ncc(/C=C4\CC(=O)NC4=O)c3n2)n1. The Morgan fingerprint density at radius 3 is 2.81 bits per heavy atom. The van der Waals surface area contributed by atoms with Crippen LogP contribution in [0.15, 0.2) is 36.0 Å². The van der Waals surface area contributed by atoms with E-state index in [2.05, 4.69) is 26.0 Å². The van der Waals surface area contributed by atoms with Crippen molar-refractivity contribution in [2.75, 3.05) is 10.6 Å². The van der Waals surface area contributed by atoms with Gasteiger partial charge < -0.3 is 10.6 Å². The van der Waals surface area contributed by atoms with Gasteiger partial charge in [-0.05, 0) is 44.9 Å². The molecule has 2 fully saturated rings. The molecule has 4 heterocycles. The van der Waals surface area contributed by atoms with E-state index in [0.717, 1.165) is 30.0 Å². The average molecular weight is 417 g/mol. The first-order valence-corrected chi connectivity index (χ1v) is 10.4. The van der Waals surface area contributed by atoms with Crippen molar-refractivity contribution in [2.45, 2.75) is 45.2 Å². The number of carbonyl (C=O) groups excluding carboxylic acids is 2. The number of aromatic nitrogens is 4. The van der Waals surface area contributed by atoms with Gasteiger partial charge in [0.25, 0.3) is 5.91 Å². The molecule has 31 heavy (non-hydrogen) atoms. The number of anilines is 2. The second-order valence-electron chi connectivity index (χ2n) is 8.07. The second-order valence-corrected chi connectivity index (χ2v) is 8.07. The molecule has 3 N–H and O–H groups in total. The van der Waals surface area contributed by atoms with E-state index in [1.54, 1.807) is 16.8 Å². The maximum atomic E-state index is 12.0. The maximum Gasteiger partial charge on any atom is 0.254 e. The molecular formula is C22H23N7O2. The van der Waals surface area contributed by atoms with Gasteiger partial charge in [-0.1, -0.05) is 6.07 Å². The summed E-state index contributed by atoms with van der Waals surface area (Å²) in [7, 11) is 0. The monoisotopic (exact) mass is 417 g/mol. The second kappa shape index (κ2) is 7.50. The maximum absolute atomic E-state index is 12.0. The molecule has 1 aliphatic heterocycles. The molecule has 9 heteroatoms. The fourth-order valence-corrected chi connectivity index (χ4v) is 3.60. The van der Waals surface area contributed by atoms with Gasteiger partial charge in [0.1, 0.15) is 11.6 Å². The highest BCUT2D eigenvalue weighted by Crippen LogP contribution is 2.29. The molecule has 1 saturated heterocycles. The molecule has 158 valence electrons. The zero-order chi connectivity index (χ0) is 21.5. The summed E-state index contributed by atoms with van der Waals surface area (Å²) in [6, 6.07) is 8.25. The lowest BCUT2D eigenvalue weighted by Gasteiger charge is -2.16. The molecule has 3 aromatic rings. The van der Waals surface area contributed by atoms with E-state index in [4.69, 9.17) is 4.98 Å². The Morgan fingerprint density at radius 1 is 1.26 bits per heavy atom. The molecule has 2 aliphatic rings. The standard InChI is InChI=1S/C22H23N7O2/c1-12-4-3-5-17(24-12)13(2)25-18-10-19(26-16-6-7-16)29-21(27-18)15(11-23-29)8-14-9-20(30)28-22(14)31/h3-5,8,10-11,13,16,26H,6-7,9H2,1-2H3,(H,25,27)(H,28,30,31)/b14-8+. The molecule has 1 saturated carbocycles. The van der Waals surface area contributed by atoms with Crippen molar-refractivity contribution >= 4 is 35.2 Å². The molecule has 1 atom stereocenters. The van der Waals surface area contributed by atoms with Crippen molar-refractivity contribution in [1.82, 2.24) is 24.9 Å². The molecule has 2 amide bonds. The van der Waals surface area contributed by atoms with Crippen LogP contribution in [0.2, 0.25) is 0 Å². The van der Waals surface area contributed by atoms with Crippen LogP contribution >= 0.6 is 0 Å². The predicted molar refractivity (Wildman–Crippen MR) is 116 cm³/mol. The average Bonchev–Trinajstić information content (AvgIpc) is 3.37. The predicted octanol–water partition coefficient (Wildman–Crippen LogP) is 2.61. The van der Waals surface area contributed by atoms with Crippen molar-refractivity contribution in [3.05, 3.63) is 53.0 Å². The zero-order valence-corrected chi connectivity index (χ0v) is 17.3. The summed E-state index contributed by atoms with van der Waals surface area (Å²) in [5, 5.41) is 13.7. The lowest BCUT2D eigenvalue weighted by atomic mass is 10.1. The van der Waals surface area contributed by atoms with E-state index < -0.39 is 0 Å². The third-order valence-corrected chi connectivity index (χ3v) is 5.37. The lowest BCUT2D eigenvalue weighted by Crippen LogP contribution is -2.19. The fraction of sp³-hybridized carbons (Fsp3) is 0.318. The smallest absolute Gasteiger partial charge is 0.254 e. The number of imide groups is 1. The molecule has 3 aromatic heterocycles. The number of fused-ring (bicyclic) bond motifs is 1. The number of nitrogens with one attached hydrogen (secondary N) is 3. The minimum atomic E-state index is -0.367. The normalized spacial score (nSPS) is 18.5. The van der Waals surface area contributed by atoms with E-state index in [1.807, 2.05) is 38.1 Å². The molecule has 0 radical (unpaired) electrons. The Hall–Kier alpha value is -3.75. The number of hydrogen-bond donors (Lipinski definition) is 3. The zero-order valence-electron chi connectivity index (χ0n) is 17.3. The minimum Gasteiger partial charge on any atom is -0.367 e. The van der Waals surface area contributed by atoms with E-state index in [-0.39, 0.29) is 24.3 Å². The summed E-state index contributed by atoms with van der Waals surface area (Å²) in [5.74, 6) is 0.849. The molecule has 0 bridgehead atoms. The summed E-state index contributed by atoms with van der Waals surface area (Å²) in [6.45, 7) is 4.00. The number of aryl methyl sites for hydroxylation is 1. The van der Waals surface area contributed by atoms with Gasteiger partial charge in [0, 0.05) is 28.9 Å². The highest BCUT2D eigenvalue weighted by molar-refractivity contribution is 6.15. The Labute approximate surface area is 179 Å². The summed E-state index contributed by atoms with van der Waals surface area (Å²) >= 11 is 0. The fourth-order valence-electron chi connectivity index (χ4n) is 3.60. The quantitative estimate of drug-likeness (QED) is 0.417. The molecular weight excluding hydrogens is 394 g/mol. The van der Waals surface area contributed by atoms with Crippen molar-refractivity contribution < 1.29 is 9.59 Å². The van der Waals surface area contributed by atoms with E-state index in [0.29, 0.717) is 28.6 Å². The van der Waals surface area contributed by atoms with Gasteiger partial charge in [0.15, 0.2) is 5.65 Å². The number of pyridine rings is 1. The number of nitrogens with zero attached hydrogens (tertiary/aromatic N) is 4. The van der Waals surface area contributed by atoms with Gasteiger partial charge in [-0.15, -0.1) is 0 Å². The van der Waals surface area contributed by atoms with Crippen LogP contribution in [0, 0.1) is 6.92 Å². The molecule has 0 spiro atoms. The van der Waals surface area contributed by atoms with E-state index in [9.17, 15) is 9.59 Å². The first-order valence-electron chi connectivity index (χ1n) is 10.4. The van der Waals surface area contributed by atoms with Crippen LogP contribution in [-0.2, 0) is 9.59 Å². The van der Waals surface area contributed by atoms with E-state index in [1.165, 1.54) is 0 Å². The number of hydrogen-bond acceptors (Lipinski definition) is 7. The van der Waals surface area contributed by atoms with Crippen molar-refractivity contribution in [2.24, 2.45) is 0 Å². The summed E-state index contributed by atoms with van der Waals surface area (Å²) in [6.07, 6.45) is 5.66. The van der Waals surface area contributed by atoms with Crippen molar-refractivity contribution in [3.8, 4) is 0 Å². The number of amides is 2. The molecule has 9 nitrogen and oxygen atoms in total. The summed E-state index contributed by atoms with van der Waals surface area (Å²) < 4.78 is 1.74. The van der Waals surface area contributed by atoms with Gasteiger partial charge in [-0.25, -0.2) is 4.98 Å². The van der Waals surface area contributed by atoms with E-state index >= 15 is 0 Å². The topological polar surface area (TPSA) is 113 Å². The van der Waals surface area contributed by atoms with Crippen LogP contribution in [0.5, 0.6) is 0 Å². The van der Waals surface area contributed by atoms with Crippen molar-refractivity contribution in [3.63, 3.8) is 0 Å². The largest absolute Gasteiger partial charge is 0.367 e.